The summed E-state index contributed by atoms with van der Waals surface area (Å²) in [5.41, 5.74) is 9.51. The molecule has 2 aromatic carbocycles. The van der Waals surface area contributed by atoms with Gasteiger partial charge in [-0.05, 0) is 36.2 Å². The van der Waals surface area contributed by atoms with Crippen LogP contribution in [0.1, 0.15) is 62.4 Å². The van der Waals surface area contributed by atoms with Gasteiger partial charge in [0.15, 0.2) is 5.82 Å². The lowest BCUT2D eigenvalue weighted by molar-refractivity contribution is -0.197. The lowest BCUT2D eigenvalue weighted by atomic mass is 10.1. The molecular weight excluding hydrogens is 556 g/mol. The summed E-state index contributed by atoms with van der Waals surface area (Å²) in [4.78, 5) is 61.7. The normalized spacial score (nSPS) is 13.3. The first-order chi connectivity index (χ1) is 20.6. The minimum Gasteiger partial charge on any atom is -0.508 e. The molecule has 13 heteroatoms. The number of hydrogen-bond donors (Lipinski definition) is 4. The molecule has 3 amide bonds. The summed E-state index contributed by atoms with van der Waals surface area (Å²) in [5.74, 6) is -1.30. The number of hydrogen-bond acceptors (Lipinski definition) is 10. The van der Waals surface area contributed by atoms with Crippen LogP contribution in [-0.2, 0) is 43.5 Å². The largest absolute Gasteiger partial charge is 0.508 e. The Bertz CT molecular complexity index is 1730. The van der Waals surface area contributed by atoms with Crippen molar-refractivity contribution in [2.75, 3.05) is 5.73 Å². The maximum absolute atomic E-state index is 12.4. The first-order valence-electron chi connectivity index (χ1n) is 14.1. The van der Waals surface area contributed by atoms with Crippen LogP contribution in [0.2, 0.25) is 0 Å². The Morgan fingerprint density at radius 1 is 1.05 bits per heavy atom. The van der Waals surface area contributed by atoms with Gasteiger partial charge in [-0.25, -0.2) is 14.8 Å². The second kappa shape index (κ2) is 12.3. The number of phenols is 2. The van der Waals surface area contributed by atoms with Gasteiger partial charge in [-0.2, -0.15) is 0 Å². The third kappa shape index (κ3) is 6.35. The number of carbonyl (C=O) groups excluding carboxylic acids is 4. The highest BCUT2D eigenvalue weighted by Gasteiger charge is 2.32. The number of imide groups is 1. The Balaban J connectivity index is 1.34. The van der Waals surface area contributed by atoms with E-state index in [1.165, 1.54) is 18.2 Å². The topological polar surface area (TPSA) is 190 Å². The van der Waals surface area contributed by atoms with Crippen LogP contribution in [0.5, 0.6) is 11.5 Å². The van der Waals surface area contributed by atoms with Gasteiger partial charge in [-0.3, -0.25) is 14.4 Å². The summed E-state index contributed by atoms with van der Waals surface area (Å²) < 4.78 is 1.99. The van der Waals surface area contributed by atoms with Crippen molar-refractivity contribution in [1.29, 1.82) is 0 Å². The number of aryl methyl sites for hydroxylation is 1. The molecule has 43 heavy (non-hydrogen) atoms. The third-order valence-corrected chi connectivity index (χ3v) is 7.24. The maximum Gasteiger partial charge on any atom is 0.333 e. The quantitative estimate of drug-likeness (QED) is 0.150. The van der Waals surface area contributed by atoms with Crippen LogP contribution in [0.25, 0.3) is 21.9 Å². The van der Waals surface area contributed by atoms with Crippen LogP contribution in [0.4, 0.5) is 5.82 Å². The number of benzene rings is 2. The zero-order chi connectivity index (χ0) is 30.7. The molecule has 0 atom stereocenters. The fourth-order valence-electron chi connectivity index (χ4n) is 4.99. The smallest absolute Gasteiger partial charge is 0.333 e. The van der Waals surface area contributed by atoms with E-state index in [2.05, 4.69) is 17.2 Å². The van der Waals surface area contributed by atoms with E-state index < -0.39 is 23.7 Å². The number of imidazole rings is 1. The number of aromatic nitrogens is 3. The first-order valence-corrected chi connectivity index (χ1v) is 14.1. The number of aromatic hydroxyl groups is 2. The molecule has 0 bridgehead atoms. The predicted molar refractivity (Wildman–Crippen MR) is 155 cm³/mol. The molecule has 2 aromatic heterocycles. The van der Waals surface area contributed by atoms with Crippen molar-refractivity contribution < 1.29 is 34.2 Å². The Morgan fingerprint density at radius 3 is 2.56 bits per heavy atom. The number of anilines is 1. The van der Waals surface area contributed by atoms with E-state index in [0.717, 1.165) is 35.1 Å². The van der Waals surface area contributed by atoms with E-state index in [1.54, 1.807) is 6.07 Å². The summed E-state index contributed by atoms with van der Waals surface area (Å²) in [7, 11) is 0. The number of fused-ring (bicyclic) bond motifs is 3. The number of amides is 3. The predicted octanol–water partition coefficient (Wildman–Crippen LogP) is 2.97. The molecule has 4 aromatic rings. The number of phenolic OH excluding ortho intramolecular Hbond substituents is 2. The molecule has 224 valence electrons. The molecule has 0 unspecified atom stereocenters. The lowest BCUT2D eigenvalue weighted by Gasteiger charge is -2.13. The molecule has 1 aliphatic heterocycles. The number of nitrogens with two attached hydrogens (primary N) is 1. The number of nitrogens with one attached hydrogen (secondary N) is 1. The summed E-state index contributed by atoms with van der Waals surface area (Å²) >= 11 is 0. The third-order valence-electron chi connectivity index (χ3n) is 7.24. The standard InChI is InChI=1S/C30H32N6O7/c1-2-3-4-23-34-28-29(35(23)16-18-14-19(37)6-8-22(18)38)20-7-5-17(13-21(20)33-30(28)31)15-32-24(39)9-12-27(42)43-36-25(40)10-11-26(36)41/h5-8,13-14,37-38H,2-4,9-12,15-16H2,1H3,(H2,31,33)(H,32,39). The fourth-order valence-corrected chi connectivity index (χ4v) is 4.99. The number of hydroxylamine groups is 2. The molecule has 0 aliphatic carbocycles. The number of carbonyl (C=O) groups is 4. The molecule has 1 saturated heterocycles. The van der Waals surface area contributed by atoms with Crippen molar-refractivity contribution in [3.8, 4) is 11.5 Å². The minimum absolute atomic E-state index is 0.00604. The molecule has 0 saturated carbocycles. The SMILES string of the molecule is CCCCc1nc2c(N)nc3cc(CNC(=O)CCC(=O)ON4C(=O)CCC4=O)ccc3c2n1Cc1cc(O)ccc1O. The Labute approximate surface area is 246 Å². The van der Waals surface area contributed by atoms with Gasteiger partial charge in [0.05, 0.1) is 24.0 Å². The number of pyridine rings is 1. The second-order valence-electron chi connectivity index (χ2n) is 10.4. The van der Waals surface area contributed by atoms with Crippen molar-refractivity contribution in [3.63, 3.8) is 0 Å². The second-order valence-corrected chi connectivity index (χ2v) is 10.4. The molecule has 5 N–H and O–H groups in total. The van der Waals surface area contributed by atoms with Crippen molar-refractivity contribution in [3.05, 3.63) is 53.3 Å². The highest BCUT2D eigenvalue weighted by molar-refractivity contribution is 6.07. The first kappa shape index (κ1) is 29.3. The molecule has 1 fully saturated rings. The van der Waals surface area contributed by atoms with Crippen molar-refractivity contribution in [2.45, 2.75) is 65.0 Å². The summed E-state index contributed by atoms with van der Waals surface area (Å²) in [6.07, 6.45) is 2.06. The summed E-state index contributed by atoms with van der Waals surface area (Å²) in [6.45, 7) is 2.50. The van der Waals surface area contributed by atoms with Gasteiger partial charge >= 0.3 is 5.97 Å². The maximum atomic E-state index is 12.4. The van der Waals surface area contributed by atoms with Crippen LogP contribution in [0.3, 0.4) is 0 Å². The van der Waals surface area contributed by atoms with Gasteiger partial charge in [-0.1, -0.05) is 25.5 Å². The van der Waals surface area contributed by atoms with Gasteiger partial charge in [-0.15, -0.1) is 5.06 Å². The van der Waals surface area contributed by atoms with Crippen LogP contribution in [-0.4, -0.2) is 53.5 Å². The Kier molecular flexibility index (Phi) is 8.41. The number of rotatable bonds is 11. The van der Waals surface area contributed by atoms with E-state index in [0.29, 0.717) is 28.1 Å². The van der Waals surface area contributed by atoms with Gasteiger partial charge in [0.1, 0.15) is 22.8 Å². The fraction of sp³-hybridized carbons (Fsp3) is 0.333. The van der Waals surface area contributed by atoms with Crippen molar-refractivity contribution in [1.82, 2.24) is 24.9 Å². The number of nitrogens with zero attached hydrogens (tertiary/aromatic N) is 4. The molecule has 13 nitrogen and oxygen atoms in total. The highest BCUT2D eigenvalue weighted by atomic mass is 16.7. The van der Waals surface area contributed by atoms with Crippen LogP contribution in [0.15, 0.2) is 36.4 Å². The Morgan fingerprint density at radius 2 is 1.81 bits per heavy atom. The van der Waals surface area contributed by atoms with E-state index in [4.69, 9.17) is 15.6 Å². The number of nitrogen functional groups attached to an aromatic ring is 1. The van der Waals surface area contributed by atoms with Crippen LogP contribution >= 0.6 is 0 Å². The minimum atomic E-state index is -0.845. The molecule has 3 heterocycles. The van der Waals surface area contributed by atoms with E-state index in [-0.39, 0.29) is 56.1 Å². The van der Waals surface area contributed by atoms with E-state index in [1.807, 2.05) is 16.7 Å². The van der Waals surface area contributed by atoms with Gasteiger partial charge < -0.3 is 30.7 Å². The molecule has 5 rings (SSSR count). The zero-order valence-corrected chi connectivity index (χ0v) is 23.6. The van der Waals surface area contributed by atoms with Crippen molar-refractivity contribution in [2.24, 2.45) is 0 Å². The Hall–Kier alpha value is -5.20. The van der Waals surface area contributed by atoms with Crippen LogP contribution in [0, 0.1) is 0 Å². The molecule has 0 spiro atoms. The van der Waals surface area contributed by atoms with Gasteiger partial charge in [0.2, 0.25) is 5.91 Å². The average Bonchev–Trinajstić information content (AvgIpc) is 3.50. The van der Waals surface area contributed by atoms with Gasteiger partial charge in [0, 0.05) is 43.2 Å². The summed E-state index contributed by atoms with van der Waals surface area (Å²) in [6, 6.07) is 9.90. The molecule has 0 radical (unpaired) electrons. The molecular formula is C30H32N6O7. The molecule has 1 aliphatic rings. The lowest BCUT2D eigenvalue weighted by Crippen LogP contribution is -2.32. The van der Waals surface area contributed by atoms with E-state index in [9.17, 15) is 29.4 Å². The monoisotopic (exact) mass is 588 g/mol. The highest BCUT2D eigenvalue weighted by Crippen LogP contribution is 2.32. The number of unbranched alkanes of at least 4 members (excludes halogenated alkanes) is 1. The zero-order valence-electron chi connectivity index (χ0n) is 23.6. The van der Waals surface area contributed by atoms with Crippen molar-refractivity contribution >= 4 is 51.4 Å². The van der Waals surface area contributed by atoms with Crippen LogP contribution < -0.4 is 11.1 Å². The average molecular weight is 589 g/mol. The summed E-state index contributed by atoms with van der Waals surface area (Å²) in [5, 5.41) is 24.5. The van der Waals surface area contributed by atoms with Gasteiger partial charge in [0.25, 0.3) is 11.8 Å². The van der Waals surface area contributed by atoms with E-state index >= 15 is 0 Å².